The molecule has 2 aliphatic heterocycles. The van der Waals surface area contributed by atoms with E-state index in [4.69, 9.17) is 9.26 Å². The normalized spacial score (nSPS) is 19.3. The molecule has 0 aliphatic carbocycles. The molecule has 2 fully saturated rings. The van der Waals surface area contributed by atoms with Crippen molar-refractivity contribution >= 4 is 5.91 Å². The van der Waals surface area contributed by atoms with Crippen molar-refractivity contribution < 1.29 is 14.1 Å². The lowest BCUT2D eigenvalue weighted by molar-refractivity contribution is -0.127. The highest BCUT2D eigenvalue weighted by molar-refractivity contribution is 5.79. The zero-order valence-corrected chi connectivity index (χ0v) is 21.0. The Bertz CT molecular complexity index is 1140. The van der Waals surface area contributed by atoms with Crippen LogP contribution in [0.2, 0.25) is 0 Å². The molecule has 190 valence electrons. The topological polar surface area (TPSA) is 83.7 Å². The summed E-state index contributed by atoms with van der Waals surface area (Å²) in [6.45, 7) is 9.15. The first-order valence-electron chi connectivity index (χ1n) is 12.9. The Morgan fingerprint density at radius 3 is 2.58 bits per heavy atom. The molecule has 1 amide bonds. The van der Waals surface area contributed by atoms with Crippen LogP contribution in [-0.4, -0.2) is 65.2 Å². The first-order chi connectivity index (χ1) is 17.6. The predicted molar refractivity (Wildman–Crippen MR) is 137 cm³/mol. The number of nitrogens with one attached hydrogen (secondary N) is 1. The zero-order valence-electron chi connectivity index (χ0n) is 21.0. The van der Waals surface area contributed by atoms with E-state index in [2.05, 4.69) is 50.4 Å². The van der Waals surface area contributed by atoms with Crippen LogP contribution in [0.1, 0.15) is 35.4 Å². The van der Waals surface area contributed by atoms with Gasteiger partial charge in [0.05, 0.1) is 25.7 Å². The van der Waals surface area contributed by atoms with Gasteiger partial charge in [0.1, 0.15) is 0 Å². The molecule has 1 unspecified atom stereocenters. The van der Waals surface area contributed by atoms with Crippen LogP contribution in [0.25, 0.3) is 11.4 Å². The number of ether oxygens (including phenoxy) is 1. The van der Waals surface area contributed by atoms with Gasteiger partial charge in [-0.15, -0.1) is 0 Å². The van der Waals surface area contributed by atoms with Crippen molar-refractivity contribution in [2.45, 2.75) is 39.4 Å². The second-order valence-corrected chi connectivity index (χ2v) is 9.83. The maximum Gasteiger partial charge on any atom is 0.241 e. The van der Waals surface area contributed by atoms with Crippen molar-refractivity contribution in [2.75, 3.05) is 39.4 Å². The Labute approximate surface area is 212 Å². The third-order valence-electron chi connectivity index (χ3n) is 7.08. The van der Waals surface area contributed by atoms with E-state index in [1.54, 1.807) is 0 Å². The van der Waals surface area contributed by atoms with E-state index >= 15 is 0 Å². The summed E-state index contributed by atoms with van der Waals surface area (Å²) in [5.74, 6) is 1.27. The number of nitrogens with zero attached hydrogens (tertiary/aromatic N) is 4. The number of morpholine rings is 1. The standard InChI is InChI=1S/C28H35N5O3/c1-21-8-10-22(11-9-21)27-30-26(36-31-27)20-33-12-4-7-25(19-33)28(34)29-17-23-5-2-3-6-24(23)18-32-13-15-35-16-14-32/h2-3,5-6,8-11,25H,4,7,12-20H2,1H3,(H,29,34). The summed E-state index contributed by atoms with van der Waals surface area (Å²) in [6, 6.07) is 16.5. The highest BCUT2D eigenvalue weighted by Crippen LogP contribution is 2.21. The van der Waals surface area contributed by atoms with E-state index in [1.807, 2.05) is 30.3 Å². The van der Waals surface area contributed by atoms with Crippen LogP contribution in [0.3, 0.4) is 0 Å². The lowest BCUT2D eigenvalue weighted by Crippen LogP contribution is -2.42. The summed E-state index contributed by atoms with van der Waals surface area (Å²) in [5.41, 5.74) is 4.59. The Morgan fingerprint density at radius 2 is 1.78 bits per heavy atom. The maximum absolute atomic E-state index is 13.1. The van der Waals surface area contributed by atoms with Gasteiger partial charge in [0.2, 0.25) is 17.6 Å². The second kappa shape index (κ2) is 11.8. The third kappa shape index (κ3) is 6.37. The van der Waals surface area contributed by atoms with Crippen LogP contribution in [0, 0.1) is 12.8 Å². The minimum absolute atomic E-state index is 0.0374. The van der Waals surface area contributed by atoms with Crippen LogP contribution < -0.4 is 5.32 Å². The van der Waals surface area contributed by atoms with Crippen LogP contribution in [0.15, 0.2) is 53.1 Å². The monoisotopic (exact) mass is 489 g/mol. The summed E-state index contributed by atoms with van der Waals surface area (Å²) in [4.78, 5) is 22.3. The molecule has 2 aliphatic rings. The van der Waals surface area contributed by atoms with Crippen molar-refractivity contribution in [1.82, 2.24) is 25.3 Å². The molecule has 1 atom stereocenters. The van der Waals surface area contributed by atoms with Gasteiger partial charge < -0.3 is 14.6 Å². The number of amides is 1. The second-order valence-electron chi connectivity index (χ2n) is 9.83. The molecule has 2 saturated heterocycles. The fraction of sp³-hybridized carbons (Fsp3) is 0.464. The molecule has 0 saturated carbocycles. The minimum Gasteiger partial charge on any atom is -0.379 e. The number of hydrogen-bond acceptors (Lipinski definition) is 7. The molecule has 3 heterocycles. The average molecular weight is 490 g/mol. The number of rotatable bonds is 8. The van der Waals surface area contributed by atoms with Crippen LogP contribution in [-0.2, 0) is 29.2 Å². The summed E-state index contributed by atoms with van der Waals surface area (Å²) in [7, 11) is 0. The number of aromatic nitrogens is 2. The fourth-order valence-electron chi connectivity index (χ4n) is 4.95. The van der Waals surface area contributed by atoms with Crippen molar-refractivity contribution in [3.63, 3.8) is 0 Å². The van der Waals surface area contributed by atoms with Crippen molar-refractivity contribution in [3.8, 4) is 11.4 Å². The first kappa shape index (κ1) is 24.6. The molecule has 0 bridgehead atoms. The minimum atomic E-state index is -0.0374. The van der Waals surface area contributed by atoms with Crippen molar-refractivity contribution in [2.24, 2.45) is 5.92 Å². The largest absolute Gasteiger partial charge is 0.379 e. The van der Waals surface area contributed by atoms with Gasteiger partial charge in [-0.05, 0) is 37.4 Å². The Morgan fingerprint density at radius 1 is 1.00 bits per heavy atom. The number of piperidine rings is 1. The van der Waals surface area contributed by atoms with Gasteiger partial charge in [-0.3, -0.25) is 14.6 Å². The SMILES string of the molecule is Cc1ccc(-c2noc(CN3CCCC(C(=O)NCc4ccccc4CN4CCOCC4)C3)n2)cc1. The summed E-state index contributed by atoms with van der Waals surface area (Å²) >= 11 is 0. The molecule has 8 nitrogen and oxygen atoms in total. The predicted octanol–water partition coefficient (Wildman–Crippen LogP) is 3.41. The van der Waals surface area contributed by atoms with Gasteiger partial charge in [0.15, 0.2) is 0 Å². The number of hydrogen-bond donors (Lipinski definition) is 1. The van der Waals surface area contributed by atoms with Gasteiger partial charge >= 0.3 is 0 Å². The Balaban J connectivity index is 1.14. The molecular formula is C28H35N5O3. The van der Waals surface area contributed by atoms with Crippen LogP contribution >= 0.6 is 0 Å². The van der Waals surface area contributed by atoms with Gasteiger partial charge in [0.25, 0.3) is 0 Å². The number of benzene rings is 2. The van der Waals surface area contributed by atoms with E-state index in [9.17, 15) is 4.79 Å². The average Bonchev–Trinajstić information content (AvgIpc) is 3.37. The highest BCUT2D eigenvalue weighted by Gasteiger charge is 2.27. The lowest BCUT2D eigenvalue weighted by atomic mass is 9.97. The van der Waals surface area contributed by atoms with Crippen molar-refractivity contribution in [3.05, 3.63) is 71.1 Å². The van der Waals surface area contributed by atoms with Gasteiger partial charge in [-0.1, -0.05) is 59.3 Å². The van der Waals surface area contributed by atoms with Crippen molar-refractivity contribution in [1.29, 1.82) is 0 Å². The highest BCUT2D eigenvalue weighted by atomic mass is 16.5. The molecule has 8 heteroatoms. The van der Waals surface area contributed by atoms with E-state index < -0.39 is 0 Å². The number of carbonyl (C=O) groups excluding carboxylic acids is 1. The lowest BCUT2D eigenvalue weighted by Gasteiger charge is -2.31. The smallest absolute Gasteiger partial charge is 0.241 e. The Kier molecular flexibility index (Phi) is 8.05. The quantitative estimate of drug-likeness (QED) is 0.519. The molecule has 1 aromatic heterocycles. The van der Waals surface area contributed by atoms with Crippen LogP contribution in [0.5, 0.6) is 0 Å². The summed E-state index contributed by atoms with van der Waals surface area (Å²) < 4.78 is 11.0. The first-order valence-corrected chi connectivity index (χ1v) is 12.9. The molecule has 3 aromatic rings. The molecule has 36 heavy (non-hydrogen) atoms. The molecule has 1 N–H and O–H groups in total. The van der Waals surface area contributed by atoms with Gasteiger partial charge in [-0.25, -0.2) is 0 Å². The Hall–Kier alpha value is -3.07. The number of likely N-dealkylation sites (tertiary alicyclic amines) is 1. The maximum atomic E-state index is 13.1. The molecule has 0 spiro atoms. The third-order valence-corrected chi connectivity index (χ3v) is 7.08. The molecular weight excluding hydrogens is 454 g/mol. The van der Waals surface area contributed by atoms with E-state index in [1.165, 1.54) is 16.7 Å². The van der Waals surface area contributed by atoms with E-state index in [0.29, 0.717) is 31.3 Å². The van der Waals surface area contributed by atoms with E-state index in [0.717, 1.165) is 57.8 Å². The number of carbonyl (C=O) groups is 1. The summed E-state index contributed by atoms with van der Waals surface area (Å²) in [5, 5.41) is 7.35. The molecule has 5 rings (SSSR count). The van der Waals surface area contributed by atoms with Gasteiger partial charge in [0, 0.05) is 38.3 Å². The van der Waals surface area contributed by atoms with Gasteiger partial charge in [-0.2, -0.15) is 4.98 Å². The fourth-order valence-corrected chi connectivity index (χ4v) is 4.95. The molecule has 2 aromatic carbocycles. The number of aryl methyl sites for hydroxylation is 1. The summed E-state index contributed by atoms with van der Waals surface area (Å²) in [6.07, 6.45) is 1.88. The molecule has 0 radical (unpaired) electrons. The zero-order chi connectivity index (χ0) is 24.7. The van der Waals surface area contributed by atoms with E-state index in [-0.39, 0.29) is 11.8 Å². The van der Waals surface area contributed by atoms with Crippen LogP contribution in [0.4, 0.5) is 0 Å².